The van der Waals surface area contributed by atoms with Crippen molar-refractivity contribution in [3.8, 4) is 0 Å². The molecule has 1 N–H and O–H groups in total. The first kappa shape index (κ1) is 15.5. The van der Waals surface area contributed by atoms with Gasteiger partial charge in [-0.25, -0.2) is 0 Å². The fourth-order valence-corrected chi connectivity index (χ4v) is 2.37. The van der Waals surface area contributed by atoms with Crippen LogP contribution >= 0.6 is 11.6 Å². The molecule has 0 fully saturated rings. The molecule has 18 heavy (non-hydrogen) atoms. The van der Waals surface area contributed by atoms with Crippen molar-refractivity contribution in [2.75, 3.05) is 6.54 Å². The lowest BCUT2D eigenvalue weighted by Gasteiger charge is -2.25. The van der Waals surface area contributed by atoms with Crippen molar-refractivity contribution in [2.24, 2.45) is 5.41 Å². The Bertz CT molecular complexity index is 379. The predicted molar refractivity (Wildman–Crippen MR) is 81.3 cm³/mol. The van der Waals surface area contributed by atoms with E-state index in [-0.39, 0.29) is 0 Å². The summed E-state index contributed by atoms with van der Waals surface area (Å²) in [6.45, 7) is 12.1. The van der Waals surface area contributed by atoms with E-state index in [0.29, 0.717) is 11.5 Å². The minimum atomic E-state index is 0.375. The highest BCUT2D eigenvalue weighted by atomic mass is 35.5. The van der Waals surface area contributed by atoms with E-state index in [4.69, 9.17) is 11.6 Å². The van der Waals surface area contributed by atoms with Crippen LogP contribution in [-0.4, -0.2) is 6.54 Å². The van der Waals surface area contributed by atoms with Crippen molar-refractivity contribution in [3.05, 3.63) is 34.3 Å². The summed E-state index contributed by atoms with van der Waals surface area (Å²) < 4.78 is 0. The Labute approximate surface area is 117 Å². The van der Waals surface area contributed by atoms with E-state index in [9.17, 15) is 0 Å². The lowest BCUT2D eigenvalue weighted by molar-refractivity contribution is 0.333. The van der Waals surface area contributed by atoms with Crippen LogP contribution in [0.2, 0.25) is 5.02 Å². The standard InChI is InChI=1S/C16H26ClN/c1-6-18-15(10-11-16(3,4)5)13-8-7-9-14(17)12(13)2/h7-9,15,18H,6,10-11H2,1-5H3. The largest absolute Gasteiger partial charge is 0.310 e. The van der Waals surface area contributed by atoms with E-state index < -0.39 is 0 Å². The maximum absolute atomic E-state index is 6.22. The quantitative estimate of drug-likeness (QED) is 0.780. The molecule has 1 atom stereocenters. The summed E-state index contributed by atoms with van der Waals surface area (Å²) in [5.74, 6) is 0. The van der Waals surface area contributed by atoms with E-state index in [1.54, 1.807) is 0 Å². The molecule has 0 aromatic heterocycles. The van der Waals surface area contributed by atoms with Crippen molar-refractivity contribution >= 4 is 11.6 Å². The topological polar surface area (TPSA) is 12.0 Å². The SMILES string of the molecule is CCNC(CCC(C)(C)C)c1cccc(Cl)c1C. The molecule has 0 bridgehead atoms. The maximum Gasteiger partial charge on any atom is 0.0438 e. The van der Waals surface area contributed by atoms with Gasteiger partial charge in [0, 0.05) is 11.1 Å². The molecule has 0 saturated heterocycles. The molecule has 1 aromatic rings. The summed E-state index contributed by atoms with van der Waals surface area (Å²) in [4.78, 5) is 0. The van der Waals surface area contributed by atoms with Crippen molar-refractivity contribution < 1.29 is 0 Å². The number of rotatable bonds is 5. The van der Waals surface area contributed by atoms with Crippen molar-refractivity contribution in [3.63, 3.8) is 0 Å². The molecule has 2 heteroatoms. The van der Waals surface area contributed by atoms with Crippen LogP contribution in [0.25, 0.3) is 0 Å². The Morgan fingerprint density at radius 3 is 2.50 bits per heavy atom. The van der Waals surface area contributed by atoms with Crippen LogP contribution in [0.5, 0.6) is 0 Å². The first-order chi connectivity index (χ1) is 8.35. The second-order valence-electron chi connectivity index (χ2n) is 6.16. The molecule has 0 amide bonds. The zero-order valence-corrected chi connectivity index (χ0v) is 13.1. The van der Waals surface area contributed by atoms with Gasteiger partial charge in [0.25, 0.3) is 0 Å². The third kappa shape index (κ3) is 4.62. The first-order valence-electron chi connectivity index (χ1n) is 6.83. The zero-order chi connectivity index (χ0) is 13.8. The molecule has 0 saturated carbocycles. The van der Waals surface area contributed by atoms with Gasteiger partial charge in [-0.3, -0.25) is 0 Å². The second-order valence-corrected chi connectivity index (χ2v) is 6.57. The fraction of sp³-hybridized carbons (Fsp3) is 0.625. The molecule has 0 radical (unpaired) electrons. The summed E-state index contributed by atoms with van der Waals surface area (Å²) in [6.07, 6.45) is 2.36. The highest BCUT2D eigenvalue weighted by Gasteiger charge is 2.18. The summed E-state index contributed by atoms with van der Waals surface area (Å²) in [6, 6.07) is 6.61. The molecule has 0 aliphatic rings. The molecule has 0 aliphatic heterocycles. The zero-order valence-electron chi connectivity index (χ0n) is 12.3. The number of benzene rings is 1. The highest BCUT2D eigenvalue weighted by molar-refractivity contribution is 6.31. The summed E-state index contributed by atoms with van der Waals surface area (Å²) in [5.41, 5.74) is 2.92. The van der Waals surface area contributed by atoms with Crippen LogP contribution in [0.3, 0.4) is 0 Å². The average Bonchev–Trinajstić information content (AvgIpc) is 2.27. The first-order valence-corrected chi connectivity index (χ1v) is 7.21. The second kappa shape index (κ2) is 6.58. The van der Waals surface area contributed by atoms with Gasteiger partial charge < -0.3 is 5.32 Å². The average molecular weight is 268 g/mol. The minimum Gasteiger partial charge on any atom is -0.310 e. The highest BCUT2D eigenvalue weighted by Crippen LogP contribution is 2.30. The third-order valence-electron chi connectivity index (χ3n) is 3.32. The van der Waals surface area contributed by atoms with Gasteiger partial charge in [-0.2, -0.15) is 0 Å². The number of hydrogen-bond acceptors (Lipinski definition) is 1. The van der Waals surface area contributed by atoms with Crippen LogP contribution in [0.4, 0.5) is 0 Å². The molecule has 0 heterocycles. The van der Waals surface area contributed by atoms with Gasteiger partial charge in [0.1, 0.15) is 0 Å². The Hall–Kier alpha value is -0.530. The van der Waals surface area contributed by atoms with Crippen molar-refractivity contribution in [1.29, 1.82) is 0 Å². The molecule has 1 unspecified atom stereocenters. The lowest BCUT2D eigenvalue weighted by atomic mass is 9.86. The van der Waals surface area contributed by atoms with Gasteiger partial charge >= 0.3 is 0 Å². The van der Waals surface area contributed by atoms with E-state index in [0.717, 1.165) is 18.0 Å². The van der Waals surface area contributed by atoms with Crippen LogP contribution in [-0.2, 0) is 0 Å². The van der Waals surface area contributed by atoms with Gasteiger partial charge in [-0.1, -0.05) is 51.4 Å². The van der Waals surface area contributed by atoms with Gasteiger partial charge in [0.15, 0.2) is 0 Å². The van der Waals surface area contributed by atoms with E-state index in [1.807, 2.05) is 12.1 Å². The smallest absolute Gasteiger partial charge is 0.0438 e. The molecule has 0 aliphatic carbocycles. The van der Waals surface area contributed by atoms with Gasteiger partial charge in [-0.05, 0) is 48.9 Å². The normalized spacial score (nSPS) is 13.7. The molecular weight excluding hydrogens is 242 g/mol. The van der Waals surface area contributed by atoms with Crippen LogP contribution < -0.4 is 5.32 Å². The minimum absolute atomic E-state index is 0.375. The predicted octanol–water partition coefficient (Wildman–Crippen LogP) is 5.13. The Morgan fingerprint density at radius 1 is 1.28 bits per heavy atom. The molecule has 0 spiro atoms. The fourth-order valence-electron chi connectivity index (χ4n) is 2.19. The lowest BCUT2D eigenvalue weighted by Crippen LogP contribution is -2.23. The summed E-state index contributed by atoms with van der Waals surface area (Å²) in [7, 11) is 0. The van der Waals surface area contributed by atoms with Gasteiger partial charge in [0.2, 0.25) is 0 Å². The maximum atomic E-state index is 6.22. The van der Waals surface area contributed by atoms with E-state index in [2.05, 4.69) is 46.0 Å². The van der Waals surface area contributed by atoms with Crippen molar-refractivity contribution in [2.45, 2.75) is 53.5 Å². The van der Waals surface area contributed by atoms with Crippen LogP contribution in [0, 0.1) is 12.3 Å². The molecule has 102 valence electrons. The van der Waals surface area contributed by atoms with Gasteiger partial charge in [0.05, 0.1) is 0 Å². The number of nitrogens with one attached hydrogen (secondary N) is 1. The Kier molecular flexibility index (Phi) is 5.68. The molecule has 1 nitrogen and oxygen atoms in total. The van der Waals surface area contributed by atoms with Crippen LogP contribution in [0.15, 0.2) is 18.2 Å². The van der Waals surface area contributed by atoms with Crippen LogP contribution in [0.1, 0.15) is 57.7 Å². The summed E-state index contributed by atoms with van der Waals surface area (Å²) in [5, 5.41) is 4.45. The molecule has 1 aromatic carbocycles. The number of hydrogen-bond donors (Lipinski definition) is 1. The number of halogens is 1. The van der Waals surface area contributed by atoms with Crippen molar-refractivity contribution in [1.82, 2.24) is 5.32 Å². The molecule has 1 rings (SSSR count). The Morgan fingerprint density at radius 2 is 1.94 bits per heavy atom. The summed E-state index contributed by atoms with van der Waals surface area (Å²) >= 11 is 6.22. The third-order valence-corrected chi connectivity index (χ3v) is 3.73. The monoisotopic (exact) mass is 267 g/mol. The van der Waals surface area contributed by atoms with Gasteiger partial charge in [-0.15, -0.1) is 0 Å². The van der Waals surface area contributed by atoms with E-state index in [1.165, 1.54) is 17.5 Å². The molecular formula is C16H26ClN. The van der Waals surface area contributed by atoms with E-state index >= 15 is 0 Å². The Balaban J connectivity index is 2.87.